The number of aliphatic carboxylic acids is 1. The molecule has 1 aliphatic rings. The number of hydrogen-bond donors (Lipinski definition) is 3. The van der Waals surface area contributed by atoms with Crippen molar-refractivity contribution in [1.29, 1.82) is 0 Å². The van der Waals surface area contributed by atoms with E-state index in [9.17, 15) is 9.59 Å². The van der Waals surface area contributed by atoms with Crippen molar-refractivity contribution in [2.75, 3.05) is 0 Å². The van der Waals surface area contributed by atoms with Gasteiger partial charge < -0.3 is 15.4 Å². The third-order valence-electron chi connectivity index (χ3n) is 3.74. The molecule has 1 aliphatic carbocycles. The normalized spacial score (nSPS) is 16.0. The van der Waals surface area contributed by atoms with Gasteiger partial charge >= 0.3 is 5.97 Å². The molecule has 0 saturated heterocycles. The molecule has 0 aliphatic heterocycles. The maximum Gasteiger partial charge on any atom is 0.305 e. The van der Waals surface area contributed by atoms with Crippen LogP contribution >= 0.6 is 0 Å². The van der Waals surface area contributed by atoms with Gasteiger partial charge in [0.25, 0.3) is 5.91 Å². The fourth-order valence-electron chi connectivity index (χ4n) is 2.55. The van der Waals surface area contributed by atoms with Crippen molar-refractivity contribution in [3.05, 3.63) is 36.0 Å². The molecule has 104 valence electrons. The van der Waals surface area contributed by atoms with Gasteiger partial charge in [0.2, 0.25) is 0 Å². The number of carboxylic acids is 1. The van der Waals surface area contributed by atoms with Crippen LogP contribution in [0.5, 0.6) is 0 Å². The average molecular weight is 272 g/mol. The highest BCUT2D eigenvalue weighted by Gasteiger charge is 2.34. The van der Waals surface area contributed by atoms with Crippen molar-refractivity contribution in [3.8, 4) is 0 Å². The van der Waals surface area contributed by atoms with Crippen LogP contribution in [0.3, 0.4) is 0 Å². The molecule has 20 heavy (non-hydrogen) atoms. The number of nitrogens with one attached hydrogen (secondary N) is 2. The van der Waals surface area contributed by atoms with Crippen molar-refractivity contribution in [3.63, 3.8) is 0 Å². The van der Waals surface area contributed by atoms with Gasteiger partial charge in [0.05, 0.1) is 6.42 Å². The fourth-order valence-corrected chi connectivity index (χ4v) is 2.55. The van der Waals surface area contributed by atoms with Gasteiger partial charge in [-0.2, -0.15) is 0 Å². The number of carbonyl (C=O) groups is 2. The van der Waals surface area contributed by atoms with Gasteiger partial charge in [-0.1, -0.05) is 6.07 Å². The molecule has 1 aromatic heterocycles. The molecule has 0 bridgehead atoms. The minimum Gasteiger partial charge on any atom is -0.481 e. The molecule has 2 aromatic rings. The van der Waals surface area contributed by atoms with Crippen LogP contribution in [-0.4, -0.2) is 28.0 Å². The summed E-state index contributed by atoms with van der Waals surface area (Å²) in [6.45, 7) is 0. The maximum atomic E-state index is 12.4. The second-order valence-corrected chi connectivity index (χ2v) is 5.26. The van der Waals surface area contributed by atoms with Crippen LogP contribution < -0.4 is 5.32 Å². The second-order valence-electron chi connectivity index (χ2n) is 5.26. The van der Waals surface area contributed by atoms with Gasteiger partial charge in [-0.15, -0.1) is 0 Å². The third-order valence-corrected chi connectivity index (χ3v) is 3.74. The van der Waals surface area contributed by atoms with Crippen LogP contribution in [0, 0.1) is 5.92 Å². The van der Waals surface area contributed by atoms with Crippen LogP contribution in [0.25, 0.3) is 10.9 Å². The highest BCUT2D eigenvalue weighted by atomic mass is 16.4. The first-order valence-corrected chi connectivity index (χ1v) is 6.74. The third kappa shape index (κ3) is 2.52. The molecule has 0 spiro atoms. The number of benzene rings is 1. The predicted molar refractivity (Wildman–Crippen MR) is 74.5 cm³/mol. The fraction of sp³-hybridized carbons (Fsp3) is 0.333. The Morgan fingerprint density at radius 2 is 2.15 bits per heavy atom. The minimum absolute atomic E-state index is 0.0144. The van der Waals surface area contributed by atoms with E-state index in [1.165, 1.54) is 0 Å². The van der Waals surface area contributed by atoms with Gasteiger partial charge in [0.1, 0.15) is 0 Å². The summed E-state index contributed by atoms with van der Waals surface area (Å²) in [5.74, 6) is -0.768. The lowest BCUT2D eigenvalue weighted by molar-refractivity contribution is -0.137. The molecule has 1 saturated carbocycles. The van der Waals surface area contributed by atoms with E-state index in [-0.39, 0.29) is 18.4 Å². The van der Waals surface area contributed by atoms with Gasteiger partial charge in [-0.25, -0.2) is 0 Å². The first-order valence-electron chi connectivity index (χ1n) is 6.74. The Bertz CT molecular complexity index is 658. The zero-order valence-electron chi connectivity index (χ0n) is 10.9. The van der Waals surface area contributed by atoms with Crippen molar-refractivity contribution < 1.29 is 14.7 Å². The molecule has 5 nitrogen and oxygen atoms in total. The summed E-state index contributed by atoms with van der Waals surface area (Å²) in [6, 6.07) is 7.07. The molecule has 3 N–H and O–H groups in total. The molecule has 1 amide bonds. The van der Waals surface area contributed by atoms with Crippen molar-refractivity contribution in [2.24, 2.45) is 5.92 Å². The summed E-state index contributed by atoms with van der Waals surface area (Å²) in [5, 5.41) is 12.7. The van der Waals surface area contributed by atoms with E-state index < -0.39 is 5.97 Å². The van der Waals surface area contributed by atoms with E-state index >= 15 is 0 Å². The molecular formula is C15H16N2O3. The lowest BCUT2D eigenvalue weighted by Gasteiger charge is -2.16. The number of carboxylic acid groups (broad SMARTS) is 1. The first kappa shape index (κ1) is 12.7. The van der Waals surface area contributed by atoms with Crippen molar-refractivity contribution in [2.45, 2.75) is 25.3 Å². The molecular weight excluding hydrogens is 256 g/mol. The molecule has 1 heterocycles. The van der Waals surface area contributed by atoms with E-state index in [1.54, 1.807) is 12.3 Å². The average Bonchev–Trinajstić information content (AvgIpc) is 3.14. The topological polar surface area (TPSA) is 82.2 Å². The van der Waals surface area contributed by atoms with E-state index in [0.717, 1.165) is 23.7 Å². The summed E-state index contributed by atoms with van der Waals surface area (Å²) in [7, 11) is 0. The summed E-state index contributed by atoms with van der Waals surface area (Å²) in [4.78, 5) is 26.3. The smallest absolute Gasteiger partial charge is 0.305 e. The zero-order chi connectivity index (χ0) is 14.1. The van der Waals surface area contributed by atoms with Crippen LogP contribution in [0.2, 0.25) is 0 Å². The van der Waals surface area contributed by atoms with Gasteiger partial charge in [-0.3, -0.25) is 9.59 Å². The summed E-state index contributed by atoms with van der Waals surface area (Å²) in [5.41, 5.74) is 1.48. The van der Waals surface area contributed by atoms with E-state index in [2.05, 4.69) is 10.3 Å². The second kappa shape index (κ2) is 5.00. The molecule has 1 atom stereocenters. The quantitative estimate of drug-likeness (QED) is 0.780. The number of aromatic nitrogens is 1. The van der Waals surface area contributed by atoms with Gasteiger partial charge in [0.15, 0.2) is 0 Å². The minimum atomic E-state index is -0.873. The highest BCUT2D eigenvalue weighted by molar-refractivity contribution is 6.06. The SMILES string of the molecule is O=C(O)CC(NC(=O)c1cccc2[nH]ccc12)C1CC1. The van der Waals surface area contributed by atoms with Gasteiger partial charge in [-0.05, 0) is 37.0 Å². The number of rotatable bonds is 5. The molecule has 1 aromatic carbocycles. The molecule has 5 heteroatoms. The Labute approximate surface area is 116 Å². The van der Waals surface area contributed by atoms with Gasteiger partial charge in [0, 0.05) is 28.7 Å². The Morgan fingerprint density at radius 1 is 1.35 bits per heavy atom. The molecule has 0 radical (unpaired) electrons. The number of H-pyrrole nitrogens is 1. The van der Waals surface area contributed by atoms with E-state index in [1.807, 2.05) is 18.2 Å². The van der Waals surface area contributed by atoms with Crippen LogP contribution in [-0.2, 0) is 4.79 Å². The summed E-state index contributed by atoms with van der Waals surface area (Å²) >= 11 is 0. The van der Waals surface area contributed by atoms with Crippen LogP contribution in [0.1, 0.15) is 29.6 Å². The molecule has 3 rings (SSSR count). The summed E-state index contributed by atoms with van der Waals surface area (Å²) in [6.07, 6.45) is 3.76. The largest absolute Gasteiger partial charge is 0.481 e. The van der Waals surface area contributed by atoms with Crippen molar-refractivity contribution >= 4 is 22.8 Å². The zero-order valence-corrected chi connectivity index (χ0v) is 10.9. The van der Waals surface area contributed by atoms with E-state index in [0.29, 0.717) is 11.5 Å². The van der Waals surface area contributed by atoms with E-state index in [4.69, 9.17) is 5.11 Å². The number of fused-ring (bicyclic) bond motifs is 1. The Balaban J connectivity index is 1.81. The Morgan fingerprint density at radius 3 is 2.85 bits per heavy atom. The Hall–Kier alpha value is -2.30. The number of carbonyl (C=O) groups excluding carboxylic acids is 1. The standard InChI is InChI=1S/C15H16N2O3/c18-14(19)8-13(9-4-5-9)17-15(20)11-2-1-3-12-10(11)6-7-16-12/h1-3,6-7,9,13,16H,4-5,8H2,(H,17,20)(H,18,19). The number of aromatic amines is 1. The lowest BCUT2D eigenvalue weighted by Crippen LogP contribution is -2.38. The van der Waals surface area contributed by atoms with Crippen LogP contribution in [0.4, 0.5) is 0 Å². The molecule has 1 unspecified atom stereocenters. The monoisotopic (exact) mass is 272 g/mol. The maximum absolute atomic E-state index is 12.4. The summed E-state index contributed by atoms with van der Waals surface area (Å²) < 4.78 is 0. The first-order chi connectivity index (χ1) is 9.65. The number of hydrogen-bond acceptors (Lipinski definition) is 2. The molecule has 1 fully saturated rings. The number of amides is 1. The Kier molecular flexibility index (Phi) is 3.18. The van der Waals surface area contributed by atoms with Crippen LogP contribution in [0.15, 0.2) is 30.5 Å². The van der Waals surface area contributed by atoms with Crippen molar-refractivity contribution in [1.82, 2.24) is 10.3 Å². The predicted octanol–water partition coefficient (Wildman–Crippen LogP) is 2.15. The lowest BCUT2D eigenvalue weighted by atomic mass is 10.1. The highest BCUT2D eigenvalue weighted by Crippen LogP contribution is 2.34.